The highest BCUT2D eigenvalue weighted by molar-refractivity contribution is 5.33. The number of hydrogen-bond acceptors (Lipinski definition) is 2. The van der Waals surface area contributed by atoms with Gasteiger partial charge in [0.05, 0.1) is 0 Å². The summed E-state index contributed by atoms with van der Waals surface area (Å²) in [6.45, 7) is 6.44. The first-order valence-corrected chi connectivity index (χ1v) is 8.08. The molecule has 1 aliphatic carbocycles. The lowest BCUT2D eigenvalue weighted by Crippen LogP contribution is -2.15. The average molecular weight is 283 g/mol. The van der Waals surface area contributed by atoms with Crippen LogP contribution in [0.5, 0.6) is 0 Å². The zero-order chi connectivity index (χ0) is 14.7. The third-order valence-electron chi connectivity index (χ3n) is 4.20. The minimum absolute atomic E-state index is 0.762. The van der Waals surface area contributed by atoms with Gasteiger partial charge in [-0.25, -0.2) is 4.98 Å². The Balaban J connectivity index is 1.73. The minimum atomic E-state index is 0.762. The van der Waals surface area contributed by atoms with E-state index in [-0.39, 0.29) is 0 Å². The SMILES string of the molecule is CCCn1ccnc1Cc1cc(CNC2CC2)ccc1C. The van der Waals surface area contributed by atoms with Gasteiger partial charge in [-0.2, -0.15) is 0 Å². The number of benzene rings is 1. The van der Waals surface area contributed by atoms with E-state index in [1.807, 2.05) is 6.20 Å². The smallest absolute Gasteiger partial charge is 0.113 e. The van der Waals surface area contributed by atoms with Crippen molar-refractivity contribution in [3.8, 4) is 0 Å². The van der Waals surface area contributed by atoms with Gasteiger partial charge in [-0.1, -0.05) is 25.1 Å². The number of nitrogens with one attached hydrogen (secondary N) is 1. The Kier molecular flexibility index (Phi) is 4.39. The van der Waals surface area contributed by atoms with E-state index in [1.165, 1.54) is 35.4 Å². The molecule has 2 aromatic rings. The summed E-state index contributed by atoms with van der Waals surface area (Å²) in [5.74, 6) is 1.17. The molecule has 1 saturated carbocycles. The summed E-state index contributed by atoms with van der Waals surface area (Å²) in [5, 5.41) is 3.59. The molecule has 1 N–H and O–H groups in total. The van der Waals surface area contributed by atoms with Crippen LogP contribution in [0.2, 0.25) is 0 Å². The van der Waals surface area contributed by atoms with E-state index in [1.54, 1.807) is 0 Å². The van der Waals surface area contributed by atoms with Gasteiger partial charge in [-0.15, -0.1) is 0 Å². The molecule has 1 fully saturated rings. The molecule has 3 heteroatoms. The lowest BCUT2D eigenvalue weighted by atomic mass is 10.0. The van der Waals surface area contributed by atoms with Crippen molar-refractivity contribution in [1.82, 2.24) is 14.9 Å². The minimum Gasteiger partial charge on any atom is -0.335 e. The van der Waals surface area contributed by atoms with Crippen molar-refractivity contribution < 1.29 is 0 Å². The molecule has 1 aromatic heterocycles. The Bertz CT molecular complexity index is 596. The number of hydrogen-bond donors (Lipinski definition) is 1. The normalized spacial score (nSPS) is 14.6. The molecule has 0 radical (unpaired) electrons. The fraction of sp³-hybridized carbons (Fsp3) is 0.500. The molecule has 0 saturated heterocycles. The fourth-order valence-corrected chi connectivity index (χ4v) is 2.70. The average Bonchev–Trinajstić information content (AvgIpc) is 3.21. The Labute approximate surface area is 127 Å². The maximum absolute atomic E-state index is 4.53. The van der Waals surface area contributed by atoms with Gasteiger partial charge in [0.15, 0.2) is 0 Å². The molecular formula is C18H25N3. The Morgan fingerprint density at radius 2 is 2.19 bits per heavy atom. The van der Waals surface area contributed by atoms with Gasteiger partial charge in [0.1, 0.15) is 5.82 Å². The molecule has 0 amide bonds. The fourth-order valence-electron chi connectivity index (χ4n) is 2.70. The first kappa shape index (κ1) is 14.3. The van der Waals surface area contributed by atoms with Crippen molar-refractivity contribution in [2.75, 3.05) is 0 Å². The number of aromatic nitrogens is 2. The number of aryl methyl sites for hydroxylation is 2. The molecule has 0 aliphatic heterocycles. The van der Waals surface area contributed by atoms with Crippen LogP contribution in [0.15, 0.2) is 30.6 Å². The second kappa shape index (κ2) is 6.44. The molecule has 0 bridgehead atoms. The van der Waals surface area contributed by atoms with Crippen LogP contribution in [0.4, 0.5) is 0 Å². The first-order valence-electron chi connectivity index (χ1n) is 8.08. The van der Waals surface area contributed by atoms with Crippen LogP contribution in [-0.4, -0.2) is 15.6 Å². The number of nitrogens with zero attached hydrogens (tertiary/aromatic N) is 2. The lowest BCUT2D eigenvalue weighted by molar-refractivity contribution is 0.646. The highest BCUT2D eigenvalue weighted by Crippen LogP contribution is 2.20. The Hall–Kier alpha value is -1.61. The maximum Gasteiger partial charge on any atom is 0.113 e. The molecular weight excluding hydrogens is 258 g/mol. The quantitative estimate of drug-likeness (QED) is 0.843. The standard InChI is InChI=1S/C18H25N3/c1-3-9-21-10-8-19-18(21)12-16-11-15(5-4-14(16)2)13-20-17-6-7-17/h4-5,8,10-11,17,20H,3,6-7,9,12-13H2,1-2H3. The topological polar surface area (TPSA) is 29.9 Å². The lowest BCUT2D eigenvalue weighted by Gasteiger charge is -2.11. The van der Waals surface area contributed by atoms with Gasteiger partial charge in [-0.3, -0.25) is 0 Å². The molecule has 1 aromatic carbocycles. The Morgan fingerprint density at radius 1 is 1.33 bits per heavy atom. The predicted molar refractivity (Wildman–Crippen MR) is 86.4 cm³/mol. The van der Waals surface area contributed by atoms with E-state index in [0.717, 1.165) is 32.0 Å². The summed E-state index contributed by atoms with van der Waals surface area (Å²) in [6.07, 6.45) is 8.76. The first-order chi connectivity index (χ1) is 10.3. The third-order valence-corrected chi connectivity index (χ3v) is 4.20. The van der Waals surface area contributed by atoms with E-state index in [9.17, 15) is 0 Å². The van der Waals surface area contributed by atoms with Crippen molar-refractivity contribution in [1.29, 1.82) is 0 Å². The van der Waals surface area contributed by atoms with Crippen LogP contribution < -0.4 is 5.32 Å². The summed E-state index contributed by atoms with van der Waals surface area (Å²) in [4.78, 5) is 4.53. The molecule has 3 nitrogen and oxygen atoms in total. The van der Waals surface area contributed by atoms with E-state index in [4.69, 9.17) is 0 Å². The molecule has 1 heterocycles. The van der Waals surface area contributed by atoms with E-state index in [2.05, 4.69) is 53.1 Å². The van der Waals surface area contributed by atoms with Gasteiger partial charge in [0.2, 0.25) is 0 Å². The highest BCUT2D eigenvalue weighted by Gasteiger charge is 2.20. The van der Waals surface area contributed by atoms with Crippen LogP contribution in [0.25, 0.3) is 0 Å². The van der Waals surface area contributed by atoms with Crippen molar-refractivity contribution in [2.24, 2.45) is 0 Å². The number of imidazole rings is 1. The van der Waals surface area contributed by atoms with Gasteiger partial charge in [0, 0.05) is 37.9 Å². The van der Waals surface area contributed by atoms with E-state index >= 15 is 0 Å². The molecule has 0 unspecified atom stereocenters. The van der Waals surface area contributed by atoms with Crippen LogP contribution in [0.1, 0.15) is 48.7 Å². The molecule has 112 valence electrons. The Morgan fingerprint density at radius 3 is 2.95 bits per heavy atom. The van der Waals surface area contributed by atoms with Crippen LogP contribution in [0, 0.1) is 6.92 Å². The summed E-state index contributed by atoms with van der Waals surface area (Å²) < 4.78 is 2.27. The van der Waals surface area contributed by atoms with Crippen molar-refractivity contribution in [3.63, 3.8) is 0 Å². The van der Waals surface area contributed by atoms with Gasteiger partial charge < -0.3 is 9.88 Å². The van der Waals surface area contributed by atoms with E-state index < -0.39 is 0 Å². The van der Waals surface area contributed by atoms with Crippen molar-refractivity contribution >= 4 is 0 Å². The number of rotatable bonds is 7. The van der Waals surface area contributed by atoms with Gasteiger partial charge in [0.25, 0.3) is 0 Å². The monoisotopic (exact) mass is 283 g/mol. The van der Waals surface area contributed by atoms with E-state index in [0.29, 0.717) is 0 Å². The summed E-state index contributed by atoms with van der Waals surface area (Å²) in [7, 11) is 0. The molecule has 3 rings (SSSR count). The van der Waals surface area contributed by atoms with Crippen LogP contribution in [0.3, 0.4) is 0 Å². The van der Waals surface area contributed by atoms with Gasteiger partial charge >= 0.3 is 0 Å². The zero-order valence-corrected chi connectivity index (χ0v) is 13.1. The highest BCUT2D eigenvalue weighted by atomic mass is 15.1. The van der Waals surface area contributed by atoms with Crippen molar-refractivity contribution in [3.05, 3.63) is 53.1 Å². The summed E-state index contributed by atoms with van der Waals surface area (Å²) >= 11 is 0. The molecule has 0 spiro atoms. The second-order valence-corrected chi connectivity index (χ2v) is 6.13. The predicted octanol–water partition coefficient (Wildman–Crippen LogP) is 3.44. The van der Waals surface area contributed by atoms with Crippen LogP contribution >= 0.6 is 0 Å². The molecule has 0 atom stereocenters. The maximum atomic E-state index is 4.53. The van der Waals surface area contributed by atoms with Gasteiger partial charge in [-0.05, 0) is 42.9 Å². The largest absolute Gasteiger partial charge is 0.335 e. The summed E-state index contributed by atoms with van der Waals surface area (Å²) in [6, 6.07) is 7.59. The molecule has 1 aliphatic rings. The zero-order valence-electron chi connectivity index (χ0n) is 13.1. The van der Waals surface area contributed by atoms with Crippen molar-refractivity contribution in [2.45, 2.75) is 58.7 Å². The van der Waals surface area contributed by atoms with Crippen LogP contribution in [-0.2, 0) is 19.5 Å². The molecule has 21 heavy (non-hydrogen) atoms. The second-order valence-electron chi connectivity index (χ2n) is 6.13. The third kappa shape index (κ3) is 3.73. The summed E-state index contributed by atoms with van der Waals surface area (Å²) in [5.41, 5.74) is 4.14.